The molecular weight excluding hydrogens is 287 g/mol. The Morgan fingerprint density at radius 2 is 2.10 bits per heavy atom. The van der Waals surface area contributed by atoms with Crippen molar-refractivity contribution in [1.29, 1.82) is 0 Å². The number of thiophene rings is 1. The molecule has 0 saturated carbocycles. The van der Waals surface area contributed by atoms with Gasteiger partial charge in [0.1, 0.15) is 5.82 Å². The van der Waals surface area contributed by atoms with E-state index in [0.717, 1.165) is 23.5 Å². The van der Waals surface area contributed by atoms with Gasteiger partial charge in [0.2, 0.25) is 5.91 Å². The van der Waals surface area contributed by atoms with Gasteiger partial charge in [0.15, 0.2) is 0 Å². The SMILES string of the molecule is O=C(CC1CNC1)NC(c1ccc(F)cc1)c1cccs1. The van der Waals surface area contributed by atoms with Crippen molar-refractivity contribution in [3.05, 3.63) is 58.0 Å². The molecule has 2 heterocycles. The largest absolute Gasteiger partial charge is 0.344 e. The Morgan fingerprint density at radius 1 is 1.33 bits per heavy atom. The molecule has 0 aliphatic carbocycles. The zero-order valence-electron chi connectivity index (χ0n) is 11.5. The van der Waals surface area contributed by atoms with Crippen LogP contribution in [0.15, 0.2) is 41.8 Å². The van der Waals surface area contributed by atoms with Gasteiger partial charge in [-0.3, -0.25) is 4.79 Å². The van der Waals surface area contributed by atoms with Crippen LogP contribution < -0.4 is 10.6 Å². The first-order valence-electron chi connectivity index (χ1n) is 7.01. The number of nitrogens with one attached hydrogen (secondary N) is 2. The van der Waals surface area contributed by atoms with Gasteiger partial charge in [-0.25, -0.2) is 4.39 Å². The van der Waals surface area contributed by atoms with Crippen molar-refractivity contribution in [2.24, 2.45) is 5.92 Å². The zero-order valence-corrected chi connectivity index (χ0v) is 12.3. The third-order valence-electron chi connectivity index (χ3n) is 3.68. The number of hydrogen-bond acceptors (Lipinski definition) is 3. The Bertz CT molecular complexity index is 593. The Balaban J connectivity index is 1.76. The molecule has 2 N–H and O–H groups in total. The van der Waals surface area contributed by atoms with E-state index in [2.05, 4.69) is 10.6 Å². The van der Waals surface area contributed by atoms with E-state index >= 15 is 0 Å². The monoisotopic (exact) mass is 304 g/mol. The Kier molecular flexibility index (Phi) is 4.31. The standard InChI is InChI=1S/C16H17FN2OS/c17-13-5-3-12(4-6-13)16(14-2-1-7-21-14)19-15(20)8-11-9-18-10-11/h1-7,11,16,18H,8-10H2,(H,19,20). The Hall–Kier alpha value is -1.72. The fraction of sp³-hybridized carbons (Fsp3) is 0.312. The van der Waals surface area contributed by atoms with E-state index < -0.39 is 0 Å². The fourth-order valence-corrected chi connectivity index (χ4v) is 3.21. The van der Waals surface area contributed by atoms with Crippen LogP contribution in [0.5, 0.6) is 0 Å². The van der Waals surface area contributed by atoms with Crippen LogP contribution in [-0.4, -0.2) is 19.0 Å². The minimum Gasteiger partial charge on any atom is -0.344 e. The van der Waals surface area contributed by atoms with Gasteiger partial charge in [-0.15, -0.1) is 11.3 Å². The first-order chi connectivity index (χ1) is 10.2. The molecule has 110 valence electrons. The lowest BCUT2D eigenvalue weighted by Gasteiger charge is -2.27. The fourth-order valence-electron chi connectivity index (χ4n) is 2.40. The van der Waals surface area contributed by atoms with Crippen LogP contribution in [0.1, 0.15) is 22.9 Å². The molecule has 5 heteroatoms. The van der Waals surface area contributed by atoms with Crippen LogP contribution in [0.4, 0.5) is 4.39 Å². The number of amides is 1. The molecule has 1 unspecified atom stereocenters. The maximum Gasteiger partial charge on any atom is 0.221 e. The van der Waals surface area contributed by atoms with E-state index in [1.807, 2.05) is 17.5 Å². The van der Waals surface area contributed by atoms with Gasteiger partial charge in [0.05, 0.1) is 6.04 Å². The van der Waals surface area contributed by atoms with E-state index in [-0.39, 0.29) is 17.8 Å². The highest BCUT2D eigenvalue weighted by Crippen LogP contribution is 2.26. The summed E-state index contributed by atoms with van der Waals surface area (Å²) in [6.07, 6.45) is 0.538. The van der Waals surface area contributed by atoms with Crippen molar-refractivity contribution in [3.63, 3.8) is 0 Å². The summed E-state index contributed by atoms with van der Waals surface area (Å²) in [5.74, 6) is 0.210. The quantitative estimate of drug-likeness (QED) is 0.892. The van der Waals surface area contributed by atoms with Crippen LogP contribution in [0.3, 0.4) is 0 Å². The summed E-state index contributed by atoms with van der Waals surface area (Å²) in [6, 6.07) is 10.1. The number of halogens is 1. The molecule has 3 rings (SSSR count). The van der Waals surface area contributed by atoms with Crippen molar-refractivity contribution in [2.45, 2.75) is 12.5 Å². The highest BCUT2D eigenvalue weighted by molar-refractivity contribution is 7.10. The van der Waals surface area contributed by atoms with Crippen LogP contribution >= 0.6 is 11.3 Å². The van der Waals surface area contributed by atoms with E-state index in [1.165, 1.54) is 12.1 Å². The van der Waals surface area contributed by atoms with E-state index in [0.29, 0.717) is 12.3 Å². The third-order valence-corrected chi connectivity index (χ3v) is 4.61. The predicted octanol–water partition coefficient (Wildman–Crippen LogP) is 2.70. The minimum atomic E-state index is -0.268. The van der Waals surface area contributed by atoms with Gasteiger partial charge >= 0.3 is 0 Å². The summed E-state index contributed by atoms with van der Waals surface area (Å²) in [4.78, 5) is 13.2. The van der Waals surface area contributed by atoms with Crippen LogP contribution in [0.2, 0.25) is 0 Å². The first-order valence-corrected chi connectivity index (χ1v) is 7.89. The zero-order chi connectivity index (χ0) is 14.7. The molecule has 1 amide bonds. The van der Waals surface area contributed by atoms with Crippen molar-refractivity contribution in [2.75, 3.05) is 13.1 Å². The molecule has 21 heavy (non-hydrogen) atoms. The van der Waals surface area contributed by atoms with Gasteiger partial charge in [0, 0.05) is 11.3 Å². The third kappa shape index (κ3) is 3.49. The first kappa shape index (κ1) is 14.2. The summed E-state index contributed by atoms with van der Waals surface area (Å²) >= 11 is 1.59. The molecular formula is C16H17FN2OS. The van der Waals surface area contributed by atoms with E-state index in [4.69, 9.17) is 0 Å². The molecule has 1 aliphatic rings. The summed E-state index contributed by atoms with van der Waals surface area (Å²) in [6.45, 7) is 1.82. The van der Waals surface area contributed by atoms with E-state index in [9.17, 15) is 9.18 Å². The maximum atomic E-state index is 13.1. The average Bonchev–Trinajstić information content (AvgIpc) is 2.95. The van der Waals surface area contributed by atoms with Gasteiger partial charge in [0.25, 0.3) is 0 Å². The van der Waals surface area contributed by atoms with Gasteiger partial charge in [-0.1, -0.05) is 18.2 Å². The van der Waals surface area contributed by atoms with Crippen molar-refractivity contribution in [1.82, 2.24) is 10.6 Å². The van der Waals surface area contributed by atoms with Crippen LogP contribution in [0.25, 0.3) is 0 Å². The molecule has 1 atom stereocenters. The second kappa shape index (κ2) is 6.37. The minimum absolute atomic E-state index is 0.0456. The van der Waals surface area contributed by atoms with Gasteiger partial charge in [-0.05, 0) is 48.2 Å². The molecule has 3 nitrogen and oxygen atoms in total. The molecule has 1 fully saturated rings. The van der Waals surface area contributed by atoms with Crippen LogP contribution in [-0.2, 0) is 4.79 Å². The smallest absolute Gasteiger partial charge is 0.221 e. The number of hydrogen-bond donors (Lipinski definition) is 2. The summed E-state index contributed by atoms with van der Waals surface area (Å²) < 4.78 is 13.1. The second-order valence-corrected chi connectivity index (χ2v) is 6.28. The lowest BCUT2D eigenvalue weighted by molar-refractivity contribution is -0.122. The number of carbonyl (C=O) groups is 1. The van der Waals surface area contributed by atoms with Crippen molar-refractivity contribution in [3.8, 4) is 0 Å². The second-order valence-electron chi connectivity index (χ2n) is 5.30. The van der Waals surface area contributed by atoms with Crippen molar-refractivity contribution < 1.29 is 9.18 Å². The molecule has 1 aliphatic heterocycles. The van der Waals surface area contributed by atoms with Gasteiger partial charge < -0.3 is 10.6 Å². The molecule has 1 aromatic heterocycles. The molecule has 1 aromatic carbocycles. The average molecular weight is 304 g/mol. The van der Waals surface area contributed by atoms with E-state index in [1.54, 1.807) is 23.5 Å². The van der Waals surface area contributed by atoms with Gasteiger partial charge in [-0.2, -0.15) is 0 Å². The molecule has 2 aromatic rings. The Morgan fingerprint density at radius 3 is 2.67 bits per heavy atom. The summed E-state index contributed by atoms with van der Waals surface area (Å²) in [7, 11) is 0. The number of benzene rings is 1. The van der Waals surface area contributed by atoms with Crippen LogP contribution in [0, 0.1) is 11.7 Å². The number of carbonyl (C=O) groups excluding carboxylic acids is 1. The highest BCUT2D eigenvalue weighted by atomic mass is 32.1. The number of rotatable bonds is 5. The molecule has 0 bridgehead atoms. The Labute approximate surface area is 127 Å². The molecule has 1 saturated heterocycles. The topological polar surface area (TPSA) is 41.1 Å². The summed E-state index contributed by atoms with van der Waals surface area (Å²) in [5, 5.41) is 8.22. The summed E-state index contributed by atoms with van der Waals surface area (Å²) in [5.41, 5.74) is 0.902. The molecule has 0 spiro atoms. The predicted molar refractivity (Wildman–Crippen MR) is 81.7 cm³/mol. The lowest BCUT2D eigenvalue weighted by Crippen LogP contribution is -2.44. The normalized spacial score (nSPS) is 16.2. The van der Waals surface area contributed by atoms with Crippen molar-refractivity contribution >= 4 is 17.2 Å². The lowest BCUT2D eigenvalue weighted by atomic mass is 9.98. The highest BCUT2D eigenvalue weighted by Gasteiger charge is 2.23. The maximum absolute atomic E-state index is 13.1. The molecule has 0 radical (unpaired) electrons.